The summed E-state index contributed by atoms with van der Waals surface area (Å²) in [4.78, 5) is 11.1. The molecule has 0 fully saturated rings. The van der Waals surface area contributed by atoms with Crippen LogP contribution in [0.25, 0.3) is 0 Å². The number of aryl methyl sites for hydroxylation is 1. The Morgan fingerprint density at radius 2 is 2.00 bits per heavy atom. The van der Waals surface area contributed by atoms with Crippen molar-refractivity contribution in [3.8, 4) is 6.07 Å². The predicted molar refractivity (Wildman–Crippen MR) is 65.8 cm³/mol. The Morgan fingerprint density at radius 3 is 2.47 bits per heavy atom. The van der Waals surface area contributed by atoms with Crippen LogP contribution in [0.3, 0.4) is 0 Å². The summed E-state index contributed by atoms with van der Waals surface area (Å²) in [6.45, 7) is 7.30. The first-order chi connectivity index (χ1) is 7.77. The number of benzene rings is 1. The molecule has 1 aromatic carbocycles. The van der Waals surface area contributed by atoms with Crippen LogP contribution in [0.4, 0.5) is 0 Å². The van der Waals surface area contributed by atoms with E-state index in [0.29, 0.717) is 12.0 Å². The van der Waals surface area contributed by atoms with Crippen LogP contribution in [-0.4, -0.2) is 11.1 Å². The summed E-state index contributed by atoms with van der Waals surface area (Å²) >= 11 is 0. The number of aliphatic carboxylic acids is 1. The molecule has 0 spiro atoms. The van der Waals surface area contributed by atoms with Crippen LogP contribution >= 0.6 is 0 Å². The van der Waals surface area contributed by atoms with E-state index in [1.165, 1.54) is 0 Å². The standard InChI is InChI=1S/C14H17NO2/c1-9-5-11(8-15)6-12(10(9)2)7-14(3,4)13(16)17/h5-6H,7H2,1-4H3,(H,16,17). The normalized spacial score (nSPS) is 11.0. The second-order valence-electron chi connectivity index (χ2n) is 5.05. The van der Waals surface area contributed by atoms with Gasteiger partial charge in [0.2, 0.25) is 0 Å². The largest absolute Gasteiger partial charge is 0.481 e. The van der Waals surface area contributed by atoms with Gasteiger partial charge in [-0.05, 0) is 62.9 Å². The Kier molecular flexibility index (Phi) is 3.57. The second kappa shape index (κ2) is 4.58. The zero-order valence-electron chi connectivity index (χ0n) is 10.7. The third-order valence-corrected chi connectivity index (χ3v) is 3.12. The van der Waals surface area contributed by atoms with Crippen molar-refractivity contribution in [2.45, 2.75) is 34.1 Å². The van der Waals surface area contributed by atoms with Crippen molar-refractivity contribution < 1.29 is 9.90 Å². The summed E-state index contributed by atoms with van der Waals surface area (Å²) in [7, 11) is 0. The lowest BCUT2D eigenvalue weighted by atomic mass is 9.83. The highest BCUT2D eigenvalue weighted by atomic mass is 16.4. The van der Waals surface area contributed by atoms with Crippen molar-refractivity contribution in [2.75, 3.05) is 0 Å². The van der Waals surface area contributed by atoms with Crippen molar-refractivity contribution in [1.82, 2.24) is 0 Å². The van der Waals surface area contributed by atoms with E-state index in [9.17, 15) is 4.79 Å². The van der Waals surface area contributed by atoms with Crippen LogP contribution in [0.15, 0.2) is 12.1 Å². The molecule has 0 saturated carbocycles. The van der Waals surface area contributed by atoms with Gasteiger partial charge >= 0.3 is 5.97 Å². The molecule has 1 rings (SSSR count). The molecule has 0 bridgehead atoms. The number of nitrogens with zero attached hydrogens (tertiary/aromatic N) is 1. The molecule has 1 N–H and O–H groups in total. The predicted octanol–water partition coefficient (Wildman–Crippen LogP) is 2.83. The van der Waals surface area contributed by atoms with E-state index in [2.05, 4.69) is 6.07 Å². The summed E-state index contributed by atoms with van der Waals surface area (Å²) in [5.74, 6) is -0.822. The third kappa shape index (κ3) is 2.85. The molecule has 0 heterocycles. The molecule has 3 nitrogen and oxygen atoms in total. The van der Waals surface area contributed by atoms with Gasteiger partial charge in [-0.2, -0.15) is 5.26 Å². The molecule has 17 heavy (non-hydrogen) atoms. The number of carboxylic acid groups (broad SMARTS) is 1. The molecule has 0 aliphatic carbocycles. The molecule has 0 aliphatic rings. The molecule has 0 aliphatic heterocycles. The van der Waals surface area contributed by atoms with E-state index >= 15 is 0 Å². The first-order valence-electron chi connectivity index (χ1n) is 5.51. The Morgan fingerprint density at radius 1 is 1.41 bits per heavy atom. The number of nitriles is 1. The number of hydrogen-bond acceptors (Lipinski definition) is 2. The van der Waals surface area contributed by atoms with Crippen LogP contribution < -0.4 is 0 Å². The Balaban J connectivity index is 3.20. The van der Waals surface area contributed by atoms with Gasteiger partial charge in [0.15, 0.2) is 0 Å². The minimum absolute atomic E-state index is 0.435. The Hall–Kier alpha value is -1.82. The van der Waals surface area contributed by atoms with E-state index in [1.807, 2.05) is 19.9 Å². The lowest BCUT2D eigenvalue weighted by molar-refractivity contribution is -0.146. The lowest BCUT2D eigenvalue weighted by Gasteiger charge is -2.21. The van der Waals surface area contributed by atoms with Gasteiger partial charge in [-0.3, -0.25) is 4.79 Å². The Labute approximate surface area is 102 Å². The van der Waals surface area contributed by atoms with E-state index in [4.69, 9.17) is 10.4 Å². The maximum atomic E-state index is 11.1. The van der Waals surface area contributed by atoms with Crippen LogP contribution in [0.5, 0.6) is 0 Å². The van der Waals surface area contributed by atoms with Crippen LogP contribution in [-0.2, 0) is 11.2 Å². The fourth-order valence-electron chi connectivity index (χ4n) is 1.73. The fourth-order valence-corrected chi connectivity index (χ4v) is 1.73. The quantitative estimate of drug-likeness (QED) is 0.870. The SMILES string of the molecule is Cc1cc(C#N)cc(CC(C)(C)C(=O)O)c1C. The summed E-state index contributed by atoms with van der Waals surface area (Å²) in [6.07, 6.45) is 0.435. The van der Waals surface area contributed by atoms with Crippen molar-refractivity contribution in [2.24, 2.45) is 5.41 Å². The highest BCUT2D eigenvalue weighted by Gasteiger charge is 2.28. The monoisotopic (exact) mass is 231 g/mol. The van der Waals surface area contributed by atoms with Gasteiger partial charge in [0.05, 0.1) is 17.0 Å². The molecule has 0 aromatic heterocycles. The topological polar surface area (TPSA) is 61.1 Å². The first kappa shape index (κ1) is 13.2. The molecular formula is C14H17NO2. The van der Waals surface area contributed by atoms with Gasteiger partial charge in [-0.15, -0.1) is 0 Å². The van der Waals surface area contributed by atoms with Gasteiger partial charge in [0, 0.05) is 0 Å². The van der Waals surface area contributed by atoms with Gasteiger partial charge in [0.1, 0.15) is 0 Å². The van der Waals surface area contributed by atoms with Gasteiger partial charge < -0.3 is 5.11 Å². The number of carbonyl (C=O) groups is 1. The zero-order chi connectivity index (χ0) is 13.2. The van der Waals surface area contributed by atoms with Crippen LogP contribution in [0, 0.1) is 30.6 Å². The molecule has 0 amide bonds. The molecular weight excluding hydrogens is 214 g/mol. The van der Waals surface area contributed by atoms with Crippen LogP contribution in [0.2, 0.25) is 0 Å². The minimum atomic E-state index is -0.822. The Bertz CT molecular complexity index is 496. The fraction of sp³-hybridized carbons (Fsp3) is 0.429. The molecule has 3 heteroatoms. The average molecular weight is 231 g/mol. The molecule has 0 saturated heterocycles. The highest BCUT2D eigenvalue weighted by molar-refractivity contribution is 5.74. The minimum Gasteiger partial charge on any atom is -0.481 e. The smallest absolute Gasteiger partial charge is 0.309 e. The van der Waals surface area contributed by atoms with E-state index < -0.39 is 11.4 Å². The number of hydrogen-bond donors (Lipinski definition) is 1. The first-order valence-corrected chi connectivity index (χ1v) is 5.51. The maximum Gasteiger partial charge on any atom is 0.309 e. The van der Waals surface area contributed by atoms with Crippen molar-refractivity contribution >= 4 is 5.97 Å². The van der Waals surface area contributed by atoms with Crippen LogP contribution in [0.1, 0.15) is 36.1 Å². The molecule has 0 radical (unpaired) electrons. The van der Waals surface area contributed by atoms with Gasteiger partial charge in [0.25, 0.3) is 0 Å². The summed E-state index contributed by atoms with van der Waals surface area (Å²) in [5.41, 5.74) is 2.81. The molecule has 90 valence electrons. The van der Waals surface area contributed by atoms with Crippen molar-refractivity contribution in [3.63, 3.8) is 0 Å². The number of carboxylic acids is 1. The van der Waals surface area contributed by atoms with Gasteiger partial charge in [-0.1, -0.05) is 0 Å². The van der Waals surface area contributed by atoms with E-state index in [1.54, 1.807) is 19.9 Å². The maximum absolute atomic E-state index is 11.1. The summed E-state index contributed by atoms with van der Waals surface area (Å²) in [6, 6.07) is 5.71. The average Bonchev–Trinajstić information content (AvgIpc) is 2.23. The molecule has 0 unspecified atom stereocenters. The number of rotatable bonds is 3. The van der Waals surface area contributed by atoms with Crippen molar-refractivity contribution in [3.05, 3.63) is 34.4 Å². The molecule has 0 atom stereocenters. The lowest BCUT2D eigenvalue weighted by Crippen LogP contribution is -2.26. The highest BCUT2D eigenvalue weighted by Crippen LogP contribution is 2.26. The van der Waals surface area contributed by atoms with E-state index in [0.717, 1.165) is 16.7 Å². The zero-order valence-corrected chi connectivity index (χ0v) is 10.7. The summed E-state index contributed by atoms with van der Waals surface area (Å²) < 4.78 is 0. The van der Waals surface area contributed by atoms with Crippen molar-refractivity contribution in [1.29, 1.82) is 5.26 Å². The van der Waals surface area contributed by atoms with E-state index in [-0.39, 0.29) is 0 Å². The summed E-state index contributed by atoms with van der Waals surface area (Å²) in [5, 5.41) is 18.0. The second-order valence-corrected chi connectivity index (χ2v) is 5.05. The molecule has 1 aromatic rings. The van der Waals surface area contributed by atoms with Gasteiger partial charge in [-0.25, -0.2) is 0 Å². The third-order valence-electron chi connectivity index (χ3n) is 3.12.